The van der Waals surface area contributed by atoms with Crippen molar-refractivity contribution in [2.45, 2.75) is 24.0 Å². The molecule has 2 rings (SSSR count). The number of alkyl halides is 3. The number of sulfonamides is 1. The second kappa shape index (κ2) is 7.90. The van der Waals surface area contributed by atoms with Gasteiger partial charge in [-0.3, -0.25) is 0 Å². The molecule has 6 nitrogen and oxygen atoms in total. The lowest BCUT2D eigenvalue weighted by atomic mass is 10.1. The lowest BCUT2D eigenvalue weighted by Crippen LogP contribution is -2.52. The second-order valence-corrected chi connectivity index (χ2v) is 7.26. The summed E-state index contributed by atoms with van der Waals surface area (Å²) in [6.45, 7) is 2.64. The van der Waals surface area contributed by atoms with Gasteiger partial charge in [0.15, 0.2) is 0 Å². The third kappa shape index (κ3) is 4.43. The van der Waals surface area contributed by atoms with Crippen molar-refractivity contribution in [1.82, 2.24) is 9.62 Å². The number of nitrogens with one attached hydrogen (secondary N) is 1. The molecular weight excluding hydrogens is 385 g/mol. The van der Waals surface area contributed by atoms with Gasteiger partial charge in [-0.05, 0) is 25.1 Å². The van der Waals surface area contributed by atoms with Gasteiger partial charge >= 0.3 is 12.1 Å². The van der Waals surface area contributed by atoms with E-state index in [2.05, 4.69) is 10.1 Å². The topological polar surface area (TPSA) is 75.7 Å². The number of esters is 1. The zero-order valence-corrected chi connectivity index (χ0v) is 15.1. The lowest BCUT2D eigenvalue weighted by molar-refractivity contribution is -0.138. The Morgan fingerprint density at radius 2 is 2.00 bits per heavy atom. The molecule has 1 fully saturated rings. The molecule has 0 saturated carbocycles. The molecular formula is C14H18ClF3N2O4S. The molecule has 1 atom stereocenters. The van der Waals surface area contributed by atoms with Crippen LogP contribution in [0, 0.1) is 0 Å². The molecule has 1 aliphatic rings. The summed E-state index contributed by atoms with van der Waals surface area (Å²) >= 11 is 0. The summed E-state index contributed by atoms with van der Waals surface area (Å²) in [4.78, 5) is 11.0. The van der Waals surface area contributed by atoms with Crippen LogP contribution in [0.2, 0.25) is 0 Å². The molecule has 25 heavy (non-hydrogen) atoms. The first kappa shape index (κ1) is 21.7. The molecule has 0 aromatic heterocycles. The summed E-state index contributed by atoms with van der Waals surface area (Å²) in [7, 11) is -3.15. The van der Waals surface area contributed by atoms with E-state index in [0.29, 0.717) is 19.2 Å². The van der Waals surface area contributed by atoms with Crippen molar-refractivity contribution in [2.24, 2.45) is 0 Å². The van der Waals surface area contributed by atoms with Crippen molar-refractivity contribution < 1.29 is 31.1 Å². The highest BCUT2D eigenvalue weighted by Crippen LogP contribution is 2.34. The number of nitrogens with zero attached hydrogens (tertiary/aromatic N) is 1. The highest BCUT2D eigenvalue weighted by Gasteiger charge is 2.38. The first-order chi connectivity index (χ1) is 11.1. The van der Waals surface area contributed by atoms with Crippen LogP contribution in [-0.2, 0) is 20.9 Å². The summed E-state index contributed by atoms with van der Waals surface area (Å²) in [5, 5.41) is 3.01. The van der Waals surface area contributed by atoms with Crippen LogP contribution < -0.4 is 5.32 Å². The molecule has 1 unspecified atom stereocenters. The summed E-state index contributed by atoms with van der Waals surface area (Å²) in [6.07, 6.45) is -4.88. The number of hydrogen-bond acceptors (Lipinski definition) is 5. The molecule has 1 aromatic rings. The smallest absolute Gasteiger partial charge is 0.417 e. The Morgan fingerprint density at radius 1 is 1.36 bits per heavy atom. The van der Waals surface area contributed by atoms with Crippen molar-refractivity contribution in [2.75, 3.05) is 26.7 Å². The zero-order valence-electron chi connectivity index (χ0n) is 13.5. The number of piperazine rings is 1. The van der Waals surface area contributed by atoms with E-state index >= 15 is 0 Å². The van der Waals surface area contributed by atoms with Crippen molar-refractivity contribution in [3.05, 3.63) is 29.3 Å². The number of carbonyl (C=O) groups is 1. The monoisotopic (exact) mass is 402 g/mol. The Bertz CT molecular complexity index is 740. The maximum Gasteiger partial charge on any atom is 0.417 e. The van der Waals surface area contributed by atoms with Crippen LogP contribution in [0.25, 0.3) is 0 Å². The Kier molecular flexibility index (Phi) is 6.85. The minimum absolute atomic E-state index is 0. The number of hydrogen-bond donors (Lipinski definition) is 1. The van der Waals surface area contributed by atoms with Gasteiger partial charge in [0.2, 0.25) is 10.0 Å². The van der Waals surface area contributed by atoms with Crippen molar-refractivity contribution in [1.29, 1.82) is 0 Å². The predicted octanol–water partition coefficient (Wildman–Crippen LogP) is 1.90. The standard InChI is InChI=1S/C14H17F3N2O4S.ClH/c1-9-8-18-5-6-19(9)24(21,22)10-3-4-11(13(20)23-2)12(7-10)14(15,16)17;/h3-4,7,9,18H,5-6,8H2,1-2H3;1H. The SMILES string of the molecule is COC(=O)c1ccc(S(=O)(=O)N2CCNCC2C)cc1C(F)(F)F.Cl. The summed E-state index contributed by atoms with van der Waals surface area (Å²) in [6, 6.07) is 1.91. The minimum atomic E-state index is -4.88. The average molecular weight is 403 g/mol. The van der Waals surface area contributed by atoms with Crippen LogP contribution in [0.5, 0.6) is 0 Å². The fraction of sp³-hybridized carbons (Fsp3) is 0.500. The van der Waals surface area contributed by atoms with Gasteiger partial charge < -0.3 is 10.1 Å². The zero-order chi connectivity index (χ0) is 18.1. The Labute approximate surface area is 149 Å². The van der Waals surface area contributed by atoms with E-state index in [0.717, 1.165) is 23.5 Å². The van der Waals surface area contributed by atoms with E-state index in [4.69, 9.17) is 0 Å². The minimum Gasteiger partial charge on any atom is -0.465 e. The fourth-order valence-corrected chi connectivity index (χ4v) is 4.18. The molecule has 0 radical (unpaired) electrons. The van der Waals surface area contributed by atoms with Gasteiger partial charge in [-0.2, -0.15) is 17.5 Å². The number of ether oxygens (including phenoxy) is 1. The number of rotatable bonds is 3. The van der Waals surface area contributed by atoms with E-state index in [1.165, 1.54) is 0 Å². The molecule has 1 aromatic carbocycles. The Balaban J connectivity index is 0.00000312. The number of halogens is 4. The Hall–Kier alpha value is -1.36. The molecule has 0 bridgehead atoms. The van der Waals surface area contributed by atoms with E-state index in [-0.39, 0.29) is 19.0 Å². The quantitative estimate of drug-likeness (QED) is 0.781. The van der Waals surface area contributed by atoms with E-state index in [1.54, 1.807) is 6.92 Å². The fourth-order valence-electron chi connectivity index (χ4n) is 2.52. The van der Waals surface area contributed by atoms with Gasteiger partial charge in [0, 0.05) is 25.7 Å². The van der Waals surface area contributed by atoms with Gasteiger partial charge in [-0.15, -0.1) is 12.4 Å². The molecule has 1 heterocycles. The summed E-state index contributed by atoms with van der Waals surface area (Å²) in [5.74, 6) is -1.18. The molecule has 142 valence electrons. The first-order valence-electron chi connectivity index (χ1n) is 7.11. The third-order valence-corrected chi connectivity index (χ3v) is 5.76. The maximum atomic E-state index is 13.2. The van der Waals surface area contributed by atoms with Crippen LogP contribution in [0.1, 0.15) is 22.8 Å². The van der Waals surface area contributed by atoms with Crippen LogP contribution in [0.4, 0.5) is 13.2 Å². The van der Waals surface area contributed by atoms with Crippen LogP contribution >= 0.6 is 12.4 Å². The average Bonchev–Trinajstić information content (AvgIpc) is 2.53. The molecule has 0 amide bonds. The van der Waals surface area contributed by atoms with Gasteiger partial charge in [0.05, 0.1) is 23.1 Å². The lowest BCUT2D eigenvalue weighted by Gasteiger charge is -2.33. The number of methoxy groups -OCH3 is 1. The molecule has 11 heteroatoms. The van der Waals surface area contributed by atoms with Crippen LogP contribution in [-0.4, -0.2) is 51.5 Å². The molecule has 0 spiro atoms. The predicted molar refractivity (Wildman–Crippen MR) is 86.3 cm³/mol. The Morgan fingerprint density at radius 3 is 2.52 bits per heavy atom. The number of benzene rings is 1. The van der Waals surface area contributed by atoms with E-state index < -0.39 is 44.2 Å². The van der Waals surface area contributed by atoms with Crippen LogP contribution in [0.15, 0.2) is 23.1 Å². The van der Waals surface area contributed by atoms with Gasteiger partial charge in [-0.1, -0.05) is 0 Å². The van der Waals surface area contributed by atoms with Crippen molar-refractivity contribution in [3.63, 3.8) is 0 Å². The van der Waals surface area contributed by atoms with E-state index in [1.807, 2.05) is 0 Å². The molecule has 1 saturated heterocycles. The van der Waals surface area contributed by atoms with Crippen molar-refractivity contribution >= 4 is 28.4 Å². The van der Waals surface area contributed by atoms with E-state index in [9.17, 15) is 26.4 Å². The molecule has 1 N–H and O–H groups in total. The molecule has 0 aliphatic carbocycles. The first-order valence-corrected chi connectivity index (χ1v) is 8.55. The van der Waals surface area contributed by atoms with Crippen molar-refractivity contribution in [3.8, 4) is 0 Å². The third-order valence-electron chi connectivity index (χ3n) is 3.75. The second-order valence-electron chi connectivity index (χ2n) is 5.37. The van der Waals surface area contributed by atoms with Gasteiger partial charge in [0.1, 0.15) is 0 Å². The number of carbonyl (C=O) groups excluding carboxylic acids is 1. The van der Waals surface area contributed by atoms with Gasteiger partial charge in [0.25, 0.3) is 0 Å². The normalized spacial score (nSPS) is 19.2. The summed E-state index contributed by atoms with van der Waals surface area (Å²) in [5.41, 5.74) is -2.06. The highest BCUT2D eigenvalue weighted by molar-refractivity contribution is 7.89. The maximum absolute atomic E-state index is 13.2. The van der Waals surface area contributed by atoms with Gasteiger partial charge in [-0.25, -0.2) is 13.2 Å². The largest absolute Gasteiger partial charge is 0.465 e. The van der Waals surface area contributed by atoms with Crippen LogP contribution in [0.3, 0.4) is 0 Å². The highest BCUT2D eigenvalue weighted by atomic mass is 35.5. The summed E-state index contributed by atoms with van der Waals surface area (Å²) < 4.78 is 70.4. The molecule has 1 aliphatic heterocycles.